The number of hydrogen-bond donors (Lipinski definition) is 4. The van der Waals surface area contributed by atoms with E-state index < -0.39 is 61.1 Å². The monoisotopic (exact) mass is 610 g/mol. The van der Waals surface area contributed by atoms with E-state index >= 15 is 0 Å². The summed E-state index contributed by atoms with van der Waals surface area (Å²) in [6.45, 7) is -0.00554. The molecule has 4 aromatic rings. The predicted octanol–water partition coefficient (Wildman–Crippen LogP) is 3.11. The lowest BCUT2D eigenvalue weighted by atomic mass is 10.0. The predicted molar refractivity (Wildman–Crippen MR) is 150 cm³/mol. The highest BCUT2D eigenvalue weighted by atomic mass is 32.2. The molecule has 0 unspecified atom stereocenters. The van der Waals surface area contributed by atoms with Crippen LogP contribution < -0.4 is 20.7 Å². The number of hydrogen-bond acceptors (Lipinski definition) is 12. The average Bonchev–Trinajstić information content (AvgIpc) is 3.45. The molecule has 0 atom stereocenters. The number of phenols is 1. The number of nitrogen functional groups attached to an aromatic ring is 1. The summed E-state index contributed by atoms with van der Waals surface area (Å²) in [5, 5.41) is 21.3. The molecule has 0 fully saturated rings. The summed E-state index contributed by atoms with van der Waals surface area (Å²) in [4.78, 5) is 48.3. The van der Waals surface area contributed by atoms with E-state index in [0.717, 1.165) is 24.7 Å². The molecule has 4 rings (SSSR count). The number of rotatable bonds is 10. The van der Waals surface area contributed by atoms with Gasteiger partial charge in [0.05, 0.1) is 28.7 Å². The van der Waals surface area contributed by atoms with E-state index in [2.05, 4.69) is 4.72 Å². The number of nitrogens with zero attached hydrogens (tertiary/aromatic N) is 1. The maximum atomic E-state index is 12.9. The van der Waals surface area contributed by atoms with Crippen molar-refractivity contribution in [3.05, 3.63) is 106 Å². The number of aromatic hydroxyl groups is 1. The molecule has 0 aliphatic carbocycles. The van der Waals surface area contributed by atoms with E-state index in [9.17, 15) is 38.0 Å². The molecule has 5 N–H and O–H groups in total. The van der Waals surface area contributed by atoms with Crippen LogP contribution in [0.5, 0.6) is 11.5 Å². The van der Waals surface area contributed by atoms with Crippen molar-refractivity contribution in [3.8, 4) is 22.6 Å². The number of nitro groups is 1. The lowest BCUT2D eigenvalue weighted by molar-refractivity contribution is -0.386. The molecule has 43 heavy (non-hydrogen) atoms. The van der Waals surface area contributed by atoms with E-state index in [4.69, 9.17) is 19.7 Å². The number of para-hydroxylation sites is 1. The van der Waals surface area contributed by atoms with Crippen LogP contribution in [0.4, 0.5) is 11.4 Å². The third-order valence-electron chi connectivity index (χ3n) is 5.81. The Balaban J connectivity index is 1.56. The summed E-state index contributed by atoms with van der Waals surface area (Å²) in [6, 6.07) is 16.1. The van der Waals surface area contributed by atoms with Gasteiger partial charge in [0.2, 0.25) is 15.8 Å². The van der Waals surface area contributed by atoms with Crippen LogP contribution in [0.25, 0.3) is 11.1 Å². The van der Waals surface area contributed by atoms with Gasteiger partial charge in [-0.15, -0.1) is 0 Å². The Labute approximate surface area is 243 Å². The zero-order valence-corrected chi connectivity index (χ0v) is 22.9. The molecular weight excluding hydrogens is 588 g/mol. The standard InChI is InChI=1S/C27H22N4O11S/c1-43(38,39)30-20-8-3-2-5-16(20)14-41-17-7-4-6-15(13-17)18-11-12-40-24(18)27(35)42-26(34)19-9-10-21(32)23(31(36)37)22(19)25(33)29-28/h2-13,30,32H,14,28H2,1H3,(H,29,33). The van der Waals surface area contributed by atoms with Crippen molar-refractivity contribution in [3.63, 3.8) is 0 Å². The minimum Gasteiger partial charge on any atom is -0.502 e. The van der Waals surface area contributed by atoms with Crippen molar-refractivity contribution in [1.82, 2.24) is 5.43 Å². The molecule has 0 aliphatic heterocycles. The van der Waals surface area contributed by atoms with Crippen molar-refractivity contribution in [2.24, 2.45) is 5.84 Å². The third kappa shape index (κ3) is 6.95. The van der Waals surface area contributed by atoms with Gasteiger partial charge in [-0.2, -0.15) is 0 Å². The van der Waals surface area contributed by atoms with Gasteiger partial charge in [-0.1, -0.05) is 30.3 Å². The summed E-state index contributed by atoms with van der Waals surface area (Å²) in [5.41, 5.74) is 0.407. The third-order valence-corrected chi connectivity index (χ3v) is 6.40. The molecule has 0 aliphatic rings. The number of hydrazine groups is 1. The Bertz CT molecular complexity index is 1850. The highest BCUT2D eigenvalue weighted by molar-refractivity contribution is 7.92. The van der Waals surface area contributed by atoms with E-state index in [0.29, 0.717) is 22.6 Å². The van der Waals surface area contributed by atoms with Gasteiger partial charge in [0.1, 0.15) is 17.9 Å². The Kier molecular flexibility index (Phi) is 8.73. The number of nitrogens with one attached hydrogen (secondary N) is 2. The largest absolute Gasteiger partial charge is 0.502 e. The van der Waals surface area contributed by atoms with Crippen LogP contribution in [0.1, 0.15) is 36.8 Å². The van der Waals surface area contributed by atoms with Gasteiger partial charge in [0.25, 0.3) is 5.91 Å². The molecule has 0 saturated heterocycles. The second-order valence-electron chi connectivity index (χ2n) is 8.77. The van der Waals surface area contributed by atoms with Gasteiger partial charge in [0.15, 0.2) is 5.75 Å². The summed E-state index contributed by atoms with van der Waals surface area (Å²) >= 11 is 0. The lowest BCUT2D eigenvalue weighted by Gasteiger charge is -2.12. The van der Waals surface area contributed by atoms with Crippen LogP contribution in [0.15, 0.2) is 77.4 Å². The van der Waals surface area contributed by atoms with E-state index in [1.807, 2.05) is 0 Å². The fourth-order valence-electron chi connectivity index (χ4n) is 3.98. The van der Waals surface area contributed by atoms with Crippen LogP contribution >= 0.6 is 0 Å². The normalized spacial score (nSPS) is 10.9. The second kappa shape index (κ2) is 12.4. The van der Waals surface area contributed by atoms with Crippen LogP contribution in [0.2, 0.25) is 0 Å². The van der Waals surface area contributed by atoms with Gasteiger partial charge in [-0.25, -0.2) is 23.8 Å². The molecular formula is C27H22N4O11S. The Morgan fingerprint density at radius 2 is 1.79 bits per heavy atom. The molecule has 1 amide bonds. The Morgan fingerprint density at radius 1 is 1.05 bits per heavy atom. The summed E-state index contributed by atoms with van der Waals surface area (Å²) in [6.07, 6.45) is 2.19. The second-order valence-corrected chi connectivity index (χ2v) is 10.5. The number of ether oxygens (including phenoxy) is 2. The van der Waals surface area contributed by atoms with Crippen molar-refractivity contribution in [2.75, 3.05) is 11.0 Å². The number of nitro benzene ring substituents is 1. The number of nitrogens with two attached hydrogens (primary N) is 1. The molecule has 16 heteroatoms. The first-order chi connectivity index (χ1) is 20.4. The Hall–Kier alpha value is -5.74. The number of sulfonamides is 1. The first-order valence-corrected chi connectivity index (χ1v) is 13.9. The number of amides is 1. The highest BCUT2D eigenvalue weighted by Crippen LogP contribution is 2.34. The van der Waals surface area contributed by atoms with Crippen LogP contribution in [0, 0.1) is 10.1 Å². The maximum Gasteiger partial charge on any atom is 0.382 e. The summed E-state index contributed by atoms with van der Waals surface area (Å²) in [7, 11) is -3.52. The molecule has 1 heterocycles. The average molecular weight is 611 g/mol. The van der Waals surface area contributed by atoms with E-state index in [1.54, 1.807) is 54.0 Å². The first kappa shape index (κ1) is 30.2. The van der Waals surface area contributed by atoms with Crippen LogP contribution in [-0.2, 0) is 21.4 Å². The van der Waals surface area contributed by atoms with Gasteiger partial charge >= 0.3 is 17.6 Å². The molecule has 0 saturated carbocycles. The van der Waals surface area contributed by atoms with Gasteiger partial charge in [0, 0.05) is 11.1 Å². The number of phenolic OH excluding ortho intramolecular Hbond substituents is 1. The minimum atomic E-state index is -3.52. The zero-order valence-electron chi connectivity index (χ0n) is 22.1. The topological polar surface area (TPSA) is 230 Å². The summed E-state index contributed by atoms with van der Waals surface area (Å²) < 4.78 is 41.7. The zero-order chi connectivity index (χ0) is 31.3. The summed E-state index contributed by atoms with van der Waals surface area (Å²) in [5.74, 6) is 0.0706. The van der Waals surface area contributed by atoms with Crippen molar-refractivity contribution in [1.29, 1.82) is 0 Å². The number of benzene rings is 3. The van der Waals surface area contributed by atoms with Gasteiger partial charge in [-0.3, -0.25) is 25.1 Å². The molecule has 0 bridgehead atoms. The Morgan fingerprint density at radius 3 is 2.49 bits per heavy atom. The van der Waals surface area contributed by atoms with Gasteiger partial charge < -0.3 is 19.0 Å². The number of esters is 2. The quantitative estimate of drug-likeness (QED) is 0.0507. The van der Waals surface area contributed by atoms with Crippen LogP contribution in [-0.4, -0.2) is 42.5 Å². The number of carbonyl (C=O) groups excluding carboxylic acids is 3. The lowest BCUT2D eigenvalue weighted by Crippen LogP contribution is -2.32. The van der Waals surface area contributed by atoms with Crippen molar-refractivity contribution in [2.45, 2.75) is 6.61 Å². The van der Waals surface area contributed by atoms with E-state index in [1.165, 1.54) is 6.07 Å². The van der Waals surface area contributed by atoms with Crippen LogP contribution in [0.3, 0.4) is 0 Å². The van der Waals surface area contributed by atoms with Crippen molar-refractivity contribution < 1.29 is 46.7 Å². The van der Waals surface area contributed by atoms with Crippen molar-refractivity contribution >= 4 is 39.2 Å². The van der Waals surface area contributed by atoms with Gasteiger partial charge in [-0.05, 0) is 42.0 Å². The molecule has 3 aromatic carbocycles. The fraction of sp³-hybridized carbons (Fsp3) is 0.0741. The highest BCUT2D eigenvalue weighted by Gasteiger charge is 2.33. The molecule has 0 radical (unpaired) electrons. The molecule has 0 spiro atoms. The molecule has 15 nitrogen and oxygen atoms in total. The SMILES string of the molecule is CS(=O)(=O)Nc1ccccc1COc1cccc(-c2ccoc2C(=O)OC(=O)c2ccc(O)c([N+](=O)[O-])c2C(=O)NN)c1. The maximum absolute atomic E-state index is 12.9. The smallest absolute Gasteiger partial charge is 0.382 e. The fourth-order valence-corrected chi connectivity index (χ4v) is 4.58. The number of furan rings is 1. The first-order valence-electron chi connectivity index (χ1n) is 12.0. The molecule has 222 valence electrons. The number of anilines is 1. The minimum absolute atomic E-state index is 0.00554. The van der Waals surface area contributed by atoms with E-state index in [-0.39, 0.29) is 12.2 Å². The molecule has 1 aromatic heterocycles. The number of carbonyl (C=O) groups is 3.